The summed E-state index contributed by atoms with van der Waals surface area (Å²) in [5, 5.41) is 6.79. The summed E-state index contributed by atoms with van der Waals surface area (Å²) in [7, 11) is 0. The molecule has 0 aliphatic carbocycles. The molecule has 0 spiro atoms. The molecule has 2 heterocycles. The standard InChI is InChI=1S/C15H13FN4O/c1-2-12-9-13(19-14-6-7-17-20(12)14)15(21)18-11-5-3-4-10(16)8-11/h3-9H,2H2,1H3,(H,18,21). The molecular formula is C15H13FN4O. The molecule has 0 unspecified atom stereocenters. The summed E-state index contributed by atoms with van der Waals surface area (Å²) in [4.78, 5) is 16.5. The number of hydrogen-bond acceptors (Lipinski definition) is 3. The topological polar surface area (TPSA) is 59.3 Å². The molecule has 2 aromatic heterocycles. The third-order valence-corrected chi connectivity index (χ3v) is 3.11. The molecule has 3 aromatic rings. The van der Waals surface area contributed by atoms with Gasteiger partial charge in [-0.3, -0.25) is 4.79 Å². The van der Waals surface area contributed by atoms with E-state index in [9.17, 15) is 9.18 Å². The minimum absolute atomic E-state index is 0.282. The highest BCUT2D eigenvalue weighted by molar-refractivity contribution is 6.03. The minimum atomic E-state index is -0.402. The van der Waals surface area contributed by atoms with E-state index in [1.807, 2.05) is 6.92 Å². The van der Waals surface area contributed by atoms with Crippen LogP contribution in [0, 0.1) is 5.82 Å². The van der Waals surface area contributed by atoms with Gasteiger partial charge in [-0.15, -0.1) is 0 Å². The average Bonchev–Trinajstić information content (AvgIpc) is 2.94. The van der Waals surface area contributed by atoms with E-state index in [4.69, 9.17) is 0 Å². The zero-order valence-electron chi connectivity index (χ0n) is 11.4. The summed E-state index contributed by atoms with van der Waals surface area (Å²) in [5.74, 6) is -0.778. The molecule has 0 aliphatic heterocycles. The molecule has 0 bridgehead atoms. The summed E-state index contributed by atoms with van der Waals surface area (Å²) in [6.07, 6.45) is 2.36. The number of nitrogens with one attached hydrogen (secondary N) is 1. The lowest BCUT2D eigenvalue weighted by Crippen LogP contribution is -2.15. The lowest BCUT2D eigenvalue weighted by molar-refractivity contribution is 0.102. The number of hydrogen-bond donors (Lipinski definition) is 1. The first kappa shape index (κ1) is 13.2. The molecule has 106 valence electrons. The van der Waals surface area contributed by atoms with Crippen LogP contribution in [-0.4, -0.2) is 20.5 Å². The van der Waals surface area contributed by atoms with Crippen molar-refractivity contribution in [2.45, 2.75) is 13.3 Å². The van der Waals surface area contributed by atoms with Gasteiger partial charge in [0, 0.05) is 17.4 Å². The Bertz CT molecular complexity index is 812. The van der Waals surface area contributed by atoms with Gasteiger partial charge in [0.15, 0.2) is 5.65 Å². The van der Waals surface area contributed by atoms with Gasteiger partial charge in [-0.2, -0.15) is 5.10 Å². The summed E-state index contributed by atoms with van der Waals surface area (Å²) in [6, 6.07) is 9.17. The second-order valence-corrected chi connectivity index (χ2v) is 4.55. The summed E-state index contributed by atoms with van der Waals surface area (Å²) >= 11 is 0. The van der Waals surface area contributed by atoms with Crippen molar-refractivity contribution >= 4 is 17.2 Å². The lowest BCUT2D eigenvalue weighted by Gasteiger charge is -2.07. The van der Waals surface area contributed by atoms with E-state index in [0.717, 1.165) is 12.1 Å². The zero-order valence-corrected chi connectivity index (χ0v) is 11.4. The van der Waals surface area contributed by atoms with Crippen molar-refractivity contribution in [3.8, 4) is 0 Å². The van der Waals surface area contributed by atoms with Crippen molar-refractivity contribution in [2.24, 2.45) is 0 Å². The van der Waals surface area contributed by atoms with Gasteiger partial charge in [0.05, 0.1) is 6.20 Å². The number of fused-ring (bicyclic) bond motifs is 1. The maximum atomic E-state index is 13.1. The number of benzene rings is 1. The molecule has 6 heteroatoms. The Hall–Kier alpha value is -2.76. The van der Waals surface area contributed by atoms with Crippen molar-refractivity contribution in [3.63, 3.8) is 0 Å². The van der Waals surface area contributed by atoms with Gasteiger partial charge in [-0.25, -0.2) is 13.9 Å². The summed E-state index contributed by atoms with van der Waals surface area (Å²) in [5.41, 5.74) is 2.17. The largest absolute Gasteiger partial charge is 0.321 e. The summed E-state index contributed by atoms with van der Waals surface area (Å²) < 4.78 is 14.8. The smallest absolute Gasteiger partial charge is 0.274 e. The molecule has 21 heavy (non-hydrogen) atoms. The van der Waals surface area contributed by atoms with Crippen molar-refractivity contribution in [1.29, 1.82) is 0 Å². The molecule has 0 aliphatic rings. The second-order valence-electron chi connectivity index (χ2n) is 4.55. The average molecular weight is 284 g/mol. The highest BCUT2D eigenvalue weighted by Gasteiger charge is 2.12. The van der Waals surface area contributed by atoms with Gasteiger partial charge < -0.3 is 5.32 Å². The van der Waals surface area contributed by atoms with E-state index in [-0.39, 0.29) is 11.6 Å². The zero-order chi connectivity index (χ0) is 14.8. The second kappa shape index (κ2) is 5.32. The highest BCUT2D eigenvalue weighted by atomic mass is 19.1. The molecule has 3 rings (SSSR count). The molecule has 0 saturated heterocycles. The van der Waals surface area contributed by atoms with E-state index < -0.39 is 5.82 Å². The third kappa shape index (κ3) is 2.60. The maximum Gasteiger partial charge on any atom is 0.274 e. The van der Waals surface area contributed by atoms with Crippen molar-refractivity contribution in [2.75, 3.05) is 5.32 Å². The Morgan fingerprint density at radius 1 is 1.33 bits per heavy atom. The molecule has 0 fully saturated rings. The Morgan fingerprint density at radius 2 is 2.19 bits per heavy atom. The number of carbonyl (C=O) groups excluding carboxylic acids is 1. The predicted molar refractivity (Wildman–Crippen MR) is 76.7 cm³/mol. The number of amides is 1. The Morgan fingerprint density at radius 3 is 2.95 bits per heavy atom. The molecule has 0 radical (unpaired) electrons. The minimum Gasteiger partial charge on any atom is -0.321 e. The summed E-state index contributed by atoms with van der Waals surface area (Å²) in [6.45, 7) is 1.98. The SMILES string of the molecule is CCc1cc(C(=O)Nc2cccc(F)c2)nc2ccnn12. The van der Waals surface area contributed by atoms with Crippen molar-refractivity contribution < 1.29 is 9.18 Å². The molecule has 0 atom stereocenters. The van der Waals surface area contributed by atoms with Crippen LogP contribution in [0.1, 0.15) is 23.1 Å². The van der Waals surface area contributed by atoms with Crippen molar-refractivity contribution in [1.82, 2.24) is 14.6 Å². The van der Waals surface area contributed by atoms with Crippen LogP contribution in [0.2, 0.25) is 0 Å². The van der Waals surface area contributed by atoms with Crippen LogP contribution >= 0.6 is 0 Å². The maximum absolute atomic E-state index is 13.1. The number of rotatable bonds is 3. The first-order chi connectivity index (χ1) is 10.2. The van der Waals surface area contributed by atoms with E-state index >= 15 is 0 Å². The van der Waals surface area contributed by atoms with Gasteiger partial charge in [0.2, 0.25) is 0 Å². The molecule has 1 N–H and O–H groups in total. The van der Waals surface area contributed by atoms with Crippen LogP contribution in [0.3, 0.4) is 0 Å². The normalized spacial score (nSPS) is 10.8. The predicted octanol–water partition coefficient (Wildman–Crippen LogP) is 2.68. The molecule has 1 amide bonds. The number of nitrogens with zero attached hydrogens (tertiary/aromatic N) is 3. The van der Waals surface area contributed by atoms with Crippen LogP contribution < -0.4 is 5.32 Å². The lowest BCUT2D eigenvalue weighted by atomic mass is 10.2. The fraction of sp³-hybridized carbons (Fsp3) is 0.133. The van der Waals surface area contributed by atoms with E-state index in [2.05, 4.69) is 15.4 Å². The number of anilines is 1. The van der Waals surface area contributed by atoms with E-state index in [0.29, 0.717) is 11.3 Å². The van der Waals surface area contributed by atoms with Crippen LogP contribution in [0.4, 0.5) is 10.1 Å². The molecule has 0 saturated carbocycles. The third-order valence-electron chi connectivity index (χ3n) is 3.11. The fourth-order valence-corrected chi connectivity index (χ4v) is 2.11. The Balaban J connectivity index is 1.94. The van der Waals surface area contributed by atoms with Gasteiger partial charge in [-0.05, 0) is 30.7 Å². The first-order valence-corrected chi connectivity index (χ1v) is 6.58. The van der Waals surface area contributed by atoms with Crippen LogP contribution in [0.15, 0.2) is 42.6 Å². The molecule has 5 nitrogen and oxygen atoms in total. The number of aromatic nitrogens is 3. The first-order valence-electron chi connectivity index (χ1n) is 6.58. The van der Waals surface area contributed by atoms with Crippen LogP contribution in [0.25, 0.3) is 5.65 Å². The number of carbonyl (C=O) groups is 1. The number of aryl methyl sites for hydroxylation is 1. The van der Waals surface area contributed by atoms with Crippen molar-refractivity contribution in [3.05, 3.63) is 59.8 Å². The monoisotopic (exact) mass is 284 g/mol. The van der Waals surface area contributed by atoms with Crippen LogP contribution in [-0.2, 0) is 6.42 Å². The highest BCUT2D eigenvalue weighted by Crippen LogP contribution is 2.13. The van der Waals surface area contributed by atoms with E-state index in [1.54, 1.807) is 28.9 Å². The molecular weight excluding hydrogens is 271 g/mol. The number of halogens is 1. The van der Waals surface area contributed by atoms with Gasteiger partial charge in [0.1, 0.15) is 11.5 Å². The van der Waals surface area contributed by atoms with Gasteiger partial charge in [-0.1, -0.05) is 13.0 Å². The van der Waals surface area contributed by atoms with Gasteiger partial charge >= 0.3 is 0 Å². The fourth-order valence-electron chi connectivity index (χ4n) is 2.11. The van der Waals surface area contributed by atoms with E-state index in [1.165, 1.54) is 18.2 Å². The molecule has 1 aromatic carbocycles. The van der Waals surface area contributed by atoms with Crippen LogP contribution in [0.5, 0.6) is 0 Å². The Labute approximate surface area is 120 Å². The van der Waals surface area contributed by atoms with Gasteiger partial charge in [0.25, 0.3) is 5.91 Å². The Kier molecular flexibility index (Phi) is 3.35. The quantitative estimate of drug-likeness (QED) is 0.804.